The molecule has 1 aromatic carbocycles. The molecule has 2 N–H and O–H groups in total. The van der Waals surface area contributed by atoms with Gasteiger partial charge in [0, 0.05) is 19.1 Å². The Morgan fingerprint density at radius 3 is 2.59 bits per heavy atom. The van der Waals surface area contributed by atoms with Crippen LogP contribution in [0.3, 0.4) is 0 Å². The summed E-state index contributed by atoms with van der Waals surface area (Å²) in [5, 5.41) is 13.8. The predicted molar refractivity (Wildman–Crippen MR) is 123 cm³/mol. The molecule has 2 aromatic heterocycles. The molecule has 168 valence electrons. The van der Waals surface area contributed by atoms with Gasteiger partial charge in [-0.2, -0.15) is 0 Å². The van der Waals surface area contributed by atoms with Gasteiger partial charge in [-0.3, -0.25) is 14.7 Å². The van der Waals surface area contributed by atoms with Crippen LogP contribution in [0.5, 0.6) is 0 Å². The minimum Gasteiger partial charge on any atom is -0.385 e. The quantitative estimate of drug-likeness (QED) is 0.618. The molecule has 1 saturated heterocycles. The number of aromatic nitrogens is 3. The van der Waals surface area contributed by atoms with E-state index in [-0.39, 0.29) is 18.4 Å². The summed E-state index contributed by atoms with van der Waals surface area (Å²) in [5.41, 5.74) is 1.00. The second-order valence-corrected chi connectivity index (χ2v) is 8.87. The first-order chi connectivity index (χ1) is 15.5. The number of aliphatic hydroxyl groups is 1. The second kappa shape index (κ2) is 8.52. The first-order valence-electron chi connectivity index (χ1n) is 11.3. The van der Waals surface area contributed by atoms with Crippen LogP contribution in [0.2, 0.25) is 0 Å². The Labute approximate surface area is 187 Å². The Hall–Kier alpha value is -2.97. The van der Waals surface area contributed by atoms with Crippen LogP contribution >= 0.6 is 0 Å². The molecule has 5 rings (SSSR count). The molecule has 0 spiro atoms. The minimum absolute atomic E-state index is 0.0582. The highest BCUT2D eigenvalue weighted by atomic mass is 16.5. The molecule has 2 fully saturated rings. The summed E-state index contributed by atoms with van der Waals surface area (Å²) in [6, 6.07) is 13.5. The lowest BCUT2D eigenvalue weighted by Gasteiger charge is -2.30. The van der Waals surface area contributed by atoms with Gasteiger partial charge in [-0.05, 0) is 43.9 Å². The van der Waals surface area contributed by atoms with E-state index in [4.69, 9.17) is 9.72 Å². The maximum absolute atomic E-state index is 12.9. The third-order valence-electron chi connectivity index (χ3n) is 6.45. The molecule has 1 unspecified atom stereocenters. The SMILES string of the molecule is CC(O)(CC(=O)Nc1nc2ccc(N3CCOCC3)nc2n1C1CCC1)c1ccccc1. The van der Waals surface area contributed by atoms with E-state index in [0.717, 1.165) is 49.3 Å². The molecule has 32 heavy (non-hydrogen) atoms. The molecular weight excluding hydrogens is 406 g/mol. The number of benzene rings is 1. The first kappa shape index (κ1) is 20.9. The number of hydrogen-bond acceptors (Lipinski definition) is 6. The third kappa shape index (κ3) is 4.08. The number of imidazole rings is 1. The van der Waals surface area contributed by atoms with Crippen LogP contribution in [0.25, 0.3) is 11.2 Å². The Balaban J connectivity index is 1.42. The molecular formula is C24H29N5O3. The summed E-state index contributed by atoms with van der Waals surface area (Å²) in [6.45, 7) is 4.68. The van der Waals surface area contributed by atoms with Crippen molar-refractivity contribution < 1.29 is 14.6 Å². The van der Waals surface area contributed by atoms with Gasteiger partial charge in [-0.25, -0.2) is 9.97 Å². The summed E-state index contributed by atoms with van der Waals surface area (Å²) in [4.78, 5) is 24.7. The predicted octanol–water partition coefficient (Wildman–Crippen LogP) is 3.23. The van der Waals surface area contributed by atoms with Gasteiger partial charge in [-0.1, -0.05) is 30.3 Å². The zero-order valence-corrected chi connectivity index (χ0v) is 18.3. The van der Waals surface area contributed by atoms with Gasteiger partial charge in [0.15, 0.2) is 5.65 Å². The number of pyridine rings is 1. The van der Waals surface area contributed by atoms with Crippen LogP contribution in [0, 0.1) is 0 Å². The summed E-state index contributed by atoms with van der Waals surface area (Å²) >= 11 is 0. The van der Waals surface area contributed by atoms with E-state index in [9.17, 15) is 9.90 Å². The largest absolute Gasteiger partial charge is 0.385 e. The van der Waals surface area contributed by atoms with Crippen LogP contribution in [0.15, 0.2) is 42.5 Å². The molecule has 3 heterocycles. The summed E-state index contributed by atoms with van der Waals surface area (Å²) in [6.07, 6.45) is 3.18. The number of nitrogens with one attached hydrogen (secondary N) is 1. The molecule has 1 saturated carbocycles. The van der Waals surface area contributed by atoms with E-state index in [1.165, 1.54) is 0 Å². The normalized spacial score (nSPS) is 18.9. The zero-order valence-electron chi connectivity index (χ0n) is 18.3. The number of nitrogens with zero attached hydrogens (tertiary/aromatic N) is 4. The molecule has 1 amide bonds. The number of fused-ring (bicyclic) bond motifs is 1. The lowest BCUT2D eigenvalue weighted by Crippen LogP contribution is -2.36. The number of carbonyl (C=O) groups is 1. The molecule has 1 atom stereocenters. The number of hydrogen-bond donors (Lipinski definition) is 2. The number of rotatable bonds is 6. The Morgan fingerprint density at radius 1 is 1.16 bits per heavy atom. The molecule has 8 heteroatoms. The van der Waals surface area contributed by atoms with Crippen molar-refractivity contribution in [2.75, 3.05) is 36.5 Å². The van der Waals surface area contributed by atoms with Crippen molar-refractivity contribution in [3.05, 3.63) is 48.0 Å². The third-order valence-corrected chi connectivity index (χ3v) is 6.45. The molecule has 1 aliphatic carbocycles. The Morgan fingerprint density at radius 2 is 1.91 bits per heavy atom. The molecule has 3 aromatic rings. The molecule has 0 radical (unpaired) electrons. The smallest absolute Gasteiger partial charge is 0.229 e. The Bertz CT molecular complexity index is 1100. The van der Waals surface area contributed by atoms with Crippen molar-refractivity contribution in [3.8, 4) is 0 Å². The van der Waals surface area contributed by atoms with E-state index in [0.29, 0.717) is 24.7 Å². The fourth-order valence-corrected chi connectivity index (χ4v) is 4.39. The molecule has 2 aliphatic rings. The topological polar surface area (TPSA) is 92.5 Å². The first-order valence-corrected chi connectivity index (χ1v) is 11.3. The average molecular weight is 436 g/mol. The fraction of sp³-hybridized carbons (Fsp3) is 0.458. The summed E-state index contributed by atoms with van der Waals surface area (Å²) in [5.74, 6) is 1.14. The number of morpholine rings is 1. The highest BCUT2D eigenvalue weighted by Gasteiger charge is 2.30. The number of carbonyl (C=O) groups excluding carboxylic acids is 1. The van der Waals surface area contributed by atoms with E-state index < -0.39 is 5.60 Å². The van der Waals surface area contributed by atoms with Gasteiger partial charge < -0.3 is 14.7 Å². The van der Waals surface area contributed by atoms with Gasteiger partial charge in [0.2, 0.25) is 11.9 Å². The summed E-state index contributed by atoms with van der Waals surface area (Å²) in [7, 11) is 0. The van der Waals surface area contributed by atoms with E-state index >= 15 is 0 Å². The van der Waals surface area contributed by atoms with Gasteiger partial charge in [-0.15, -0.1) is 0 Å². The monoisotopic (exact) mass is 435 g/mol. The van der Waals surface area contributed by atoms with E-state index in [2.05, 4.69) is 19.8 Å². The lowest BCUT2D eigenvalue weighted by atomic mass is 9.92. The van der Waals surface area contributed by atoms with Crippen LogP contribution in [0.1, 0.15) is 44.2 Å². The number of amides is 1. The maximum atomic E-state index is 12.9. The van der Waals surface area contributed by atoms with Crippen molar-refractivity contribution >= 4 is 28.8 Å². The van der Waals surface area contributed by atoms with Crippen molar-refractivity contribution in [1.29, 1.82) is 0 Å². The zero-order chi connectivity index (χ0) is 22.1. The van der Waals surface area contributed by atoms with Crippen molar-refractivity contribution in [2.45, 2.75) is 44.2 Å². The van der Waals surface area contributed by atoms with Crippen molar-refractivity contribution in [1.82, 2.24) is 14.5 Å². The molecule has 8 nitrogen and oxygen atoms in total. The van der Waals surface area contributed by atoms with Gasteiger partial charge in [0.25, 0.3) is 0 Å². The lowest BCUT2D eigenvalue weighted by molar-refractivity contribution is -0.120. The van der Waals surface area contributed by atoms with Gasteiger partial charge in [0.05, 0.1) is 25.2 Å². The fourth-order valence-electron chi connectivity index (χ4n) is 4.39. The number of anilines is 2. The molecule has 0 bridgehead atoms. The van der Waals surface area contributed by atoms with E-state index in [1.807, 2.05) is 42.5 Å². The van der Waals surface area contributed by atoms with Crippen LogP contribution in [-0.2, 0) is 15.1 Å². The van der Waals surface area contributed by atoms with Crippen LogP contribution < -0.4 is 10.2 Å². The van der Waals surface area contributed by atoms with E-state index in [1.54, 1.807) is 6.92 Å². The average Bonchev–Trinajstić information content (AvgIpc) is 3.10. The highest BCUT2D eigenvalue weighted by Crippen LogP contribution is 2.37. The van der Waals surface area contributed by atoms with Gasteiger partial charge in [0.1, 0.15) is 11.3 Å². The highest BCUT2D eigenvalue weighted by molar-refractivity contribution is 5.92. The van der Waals surface area contributed by atoms with Crippen LogP contribution in [-0.4, -0.2) is 51.9 Å². The second-order valence-electron chi connectivity index (χ2n) is 8.87. The standard InChI is InChI=1S/C24H29N5O3/c1-24(31,17-6-3-2-4-7-17)16-21(30)27-23-25-19-10-11-20(28-12-14-32-15-13-28)26-22(19)29(23)18-8-5-9-18/h2-4,6-7,10-11,18,31H,5,8-9,12-16H2,1H3,(H,25,27,30). The van der Waals surface area contributed by atoms with Crippen molar-refractivity contribution in [3.63, 3.8) is 0 Å². The minimum atomic E-state index is -1.26. The Kier molecular flexibility index (Phi) is 5.57. The summed E-state index contributed by atoms with van der Waals surface area (Å²) < 4.78 is 7.53. The number of ether oxygens (including phenoxy) is 1. The molecule has 1 aliphatic heterocycles. The maximum Gasteiger partial charge on any atom is 0.229 e. The van der Waals surface area contributed by atoms with Crippen molar-refractivity contribution in [2.24, 2.45) is 0 Å². The van der Waals surface area contributed by atoms with Crippen LogP contribution in [0.4, 0.5) is 11.8 Å². The van der Waals surface area contributed by atoms with Gasteiger partial charge >= 0.3 is 0 Å².